The number of carbonyl (C=O) groups is 1. The Kier molecular flexibility index (Phi) is 5.59. The monoisotopic (exact) mass is 301 g/mol. The van der Waals surface area contributed by atoms with E-state index >= 15 is 0 Å². The summed E-state index contributed by atoms with van der Waals surface area (Å²) in [6.45, 7) is 0.185. The van der Waals surface area contributed by atoms with Crippen LogP contribution in [-0.2, 0) is 21.2 Å². The van der Waals surface area contributed by atoms with Crippen molar-refractivity contribution in [2.75, 3.05) is 12.3 Å². The van der Waals surface area contributed by atoms with Gasteiger partial charge in [0.05, 0.1) is 17.1 Å². The fourth-order valence-electron chi connectivity index (χ4n) is 1.53. The van der Waals surface area contributed by atoms with Crippen LogP contribution in [0.5, 0.6) is 0 Å². The summed E-state index contributed by atoms with van der Waals surface area (Å²) in [6.07, 6.45) is 0.219. The molecule has 110 valence electrons. The minimum absolute atomic E-state index is 0.00292. The minimum atomic E-state index is -3.52. The molecule has 0 unspecified atom stereocenters. The number of hydrogen-bond acceptors (Lipinski definition) is 5. The molecule has 0 aliphatic carbocycles. The van der Waals surface area contributed by atoms with Gasteiger partial charge in [-0.3, -0.25) is 14.9 Å². The summed E-state index contributed by atoms with van der Waals surface area (Å²) < 4.78 is 21.3. The van der Waals surface area contributed by atoms with Crippen LogP contribution < -0.4 is 10.5 Å². The number of nitrogens with one attached hydrogen (secondary N) is 1. The first kappa shape index (κ1) is 16.1. The molecule has 1 amide bonds. The number of carbonyl (C=O) groups excluding carboxylic acids is 1. The molecule has 1 aromatic rings. The number of nitrogens with zero attached hydrogens (tertiary/aromatic N) is 1. The van der Waals surface area contributed by atoms with Crippen molar-refractivity contribution in [1.82, 2.24) is 5.32 Å². The zero-order chi connectivity index (χ0) is 15.2. The third-order valence-electron chi connectivity index (χ3n) is 2.41. The second-order valence-electron chi connectivity index (χ2n) is 4.17. The SMILES string of the molecule is NS(=O)(=O)CCCNC(=O)Cc1cccc([N+](=O)[O-])c1. The zero-order valence-electron chi connectivity index (χ0n) is 10.6. The van der Waals surface area contributed by atoms with Crippen LogP contribution in [0, 0.1) is 10.1 Å². The molecule has 3 N–H and O–H groups in total. The number of sulfonamides is 1. The van der Waals surface area contributed by atoms with Crippen molar-refractivity contribution >= 4 is 21.6 Å². The Morgan fingerprint density at radius 3 is 2.70 bits per heavy atom. The second kappa shape index (κ2) is 6.96. The summed E-state index contributed by atoms with van der Waals surface area (Å²) in [4.78, 5) is 21.6. The first-order valence-corrected chi connectivity index (χ1v) is 7.50. The van der Waals surface area contributed by atoms with Crippen LogP contribution in [0.4, 0.5) is 5.69 Å². The van der Waals surface area contributed by atoms with Crippen molar-refractivity contribution < 1.29 is 18.1 Å². The lowest BCUT2D eigenvalue weighted by Crippen LogP contribution is -2.28. The molecule has 0 aliphatic rings. The van der Waals surface area contributed by atoms with Crippen LogP contribution >= 0.6 is 0 Å². The van der Waals surface area contributed by atoms with E-state index in [9.17, 15) is 23.3 Å². The zero-order valence-corrected chi connectivity index (χ0v) is 11.4. The molecule has 0 atom stereocenters. The van der Waals surface area contributed by atoms with E-state index in [0.717, 1.165) is 0 Å². The minimum Gasteiger partial charge on any atom is -0.356 e. The molecule has 0 aliphatic heterocycles. The smallest absolute Gasteiger partial charge is 0.269 e. The Hall–Kier alpha value is -2.00. The number of rotatable bonds is 7. The van der Waals surface area contributed by atoms with Gasteiger partial charge in [-0.2, -0.15) is 0 Å². The average molecular weight is 301 g/mol. The fourth-order valence-corrected chi connectivity index (χ4v) is 2.08. The maximum Gasteiger partial charge on any atom is 0.269 e. The third-order valence-corrected chi connectivity index (χ3v) is 3.27. The van der Waals surface area contributed by atoms with Crippen LogP contribution in [0.2, 0.25) is 0 Å². The van der Waals surface area contributed by atoms with Crippen molar-refractivity contribution in [3.63, 3.8) is 0 Å². The Morgan fingerprint density at radius 2 is 2.10 bits per heavy atom. The van der Waals surface area contributed by atoms with E-state index < -0.39 is 14.9 Å². The lowest BCUT2D eigenvalue weighted by molar-refractivity contribution is -0.384. The Morgan fingerprint density at radius 1 is 1.40 bits per heavy atom. The third kappa shape index (κ3) is 6.25. The highest BCUT2D eigenvalue weighted by atomic mass is 32.2. The number of nitrogens with two attached hydrogens (primary N) is 1. The molecule has 0 heterocycles. The van der Waals surface area contributed by atoms with Crippen molar-refractivity contribution in [3.8, 4) is 0 Å². The van der Waals surface area contributed by atoms with Crippen molar-refractivity contribution in [3.05, 3.63) is 39.9 Å². The van der Waals surface area contributed by atoms with Gasteiger partial charge in [0.25, 0.3) is 5.69 Å². The predicted octanol–water partition coefficient (Wildman–Crippen LogP) is -0.0679. The van der Waals surface area contributed by atoms with Crippen LogP contribution in [0.15, 0.2) is 24.3 Å². The molecule has 0 spiro atoms. The fraction of sp³-hybridized carbons (Fsp3) is 0.364. The molecule has 0 saturated heterocycles. The number of primary sulfonamides is 1. The van der Waals surface area contributed by atoms with Gasteiger partial charge in [0.1, 0.15) is 0 Å². The maximum absolute atomic E-state index is 11.6. The number of benzene rings is 1. The Bertz CT molecular complexity index is 600. The van der Waals surface area contributed by atoms with Gasteiger partial charge in [0, 0.05) is 18.7 Å². The Labute approximate surface area is 116 Å². The quantitative estimate of drug-likeness (QED) is 0.413. The van der Waals surface area contributed by atoms with E-state index in [1.54, 1.807) is 6.07 Å². The van der Waals surface area contributed by atoms with Crippen LogP contribution in [0.25, 0.3) is 0 Å². The highest BCUT2D eigenvalue weighted by molar-refractivity contribution is 7.89. The Balaban J connectivity index is 2.43. The predicted molar refractivity (Wildman–Crippen MR) is 72.4 cm³/mol. The molecule has 1 rings (SSSR count). The molecule has 20 heavy (non-hydrogen) atoms. The molecule has 0 fully saturated rings. The van der Waals surface area contributed by atoms with Gasteiger partial charge in [-0.15, -0.1) is 0 Å². The summed E-state index contributed by atoms with van der Waals surface area (Å²) in [5.41, 5.74) is 0.438. The molecule has 0 bridgehead atoms. The van der Waals surface area contributed by atoms with E-state index in [4.69, 9.17) is 5.14 Å². The van der Waals surface area contributed by atoms with Gasteiger partial charge in [0.15, 0.2) is 0 Å². The van der Waals surface area contributed by atoms with Crippen molar-refractivity contribution in [1.29, 1.82) is 0 Å². The lowest BCUT2D eigenvalue weighted by atomic mass is 10.1. The topological polar surface area (TPSA) is 132 Å². The summed E-state index contributed by atoms with van der Waals surface area (Å²) >= 11 is 0. The maximum atomic E-state index is 11.6. The number of amides is 1. The molecule has 1 aromatic carbocycles. The van der Waals surface area contributed by atoms with Crippen molar-refractivity contribution in [2.45, 2.75) is 12.8 Å². The highest BCUT2D eigenvalue weighted by Gasteiger charge is 2.09. The number of nitro benzene ring substituents is 1. The van der Waals surface area contributed by atoms with Gasteiger partial charge in [-0.05, 0) is 12.0 Å². The highest BCUT2D eigenvalue weighted by Crippen LogP contribution is 2.13. The lowest BCUT2D eigenvalue weighted by Gasteiger charge is -2.04. The number of non-ortho nitro benzene ring substituents is 1. The summed E-state index contributed by atoms with van der Waals surface area (Å²) in [5, 5.41) is 17.9. The molecule has 0 radical (unpaired) electrons. The molecule has 0 saturated carbocycles. The van der Waals surface area contributed by atoms with Crippen molar-refractivity contribution in [2.24, 2.45) is 5.14 Å². The van der Waals surface area contributed by atoms with E-state index in [1.165, 1.54) is 18.2 Å². The summed E-state index contributed by atoms with van der Waals surface area (Å²) in [5.74, 6) is -0.538. The second-order valence-corrected chi connectivity index (χ2v) is 5.91. The molecule has 8 nitrogen and oxygen atoms in total. The first-order chi connectivity index (χ1) is 9.28. The summed E-state index contributed by atoms with van der Waals surface area (Å²) in [7, 11) is -3.52. The van der Waals surface area contributed by atoms with Gasteiger partial charge >= 0.3 is 0 Å². The first-order valence-electron chi connectivity index (χ1n) is 5.78. The van der Waals surface area contributed by atoms with E-state index in [-0.39, 0.29) is 36.7 Å². The van der Waals surface area contributed by atoms with Crippen LogP contribution in [0.3, 0.4) is 0 Å². The van der Waals surface area contributed by atoms with E-state index in [2.05, 4.69) is 5.32 Å². The van der Waals surface area contributed by atoms with Gasteiger partial charge in [0.2, 0.25) is 15.9 Å². The van der Waals surface area contributed by atoms with E-state index in [1.807, 2.05) is 0 Å². The largest absolute Gasteiger partial charge is 0.356 e. The molecule has 9 heteroatoms. The molecule has 0 aromatic heterocycles. The molecular formula is C11H15N3O5S. The van der Waals surface area contributed by atoms with Gasteiger partial charge in [-0.25, -0.2) is 13.6 Å². The number of hydrogen-bond donors (Lipinski definition) is 2. The van der Waals surface area contributed by atoms with Crippen LogP contribution in [0.1, 0.15) is 12.0 Å². The number of nitro groups is 1. The van der Waals surface area contributed by atoms with Crippen LogP contribution in [-0.4, -0.2) is 31.5 Å². The van der Waals surface area contributed by atoms with E-state index in [0.29, 0.717) is 5.56 Å². The normalized spacial score (nSPS) is 11.1. The van der Waals surface area contributed by atoms with Gasteiger partial charge < -0.3 is 5.32 Å². The molecular weight excluding hydrogens is 286 g/mol. The average Bonchev–Trinajstić information content (AvgIpc) is 2.34. The van der Waals surface area contributed by atoms with Gasteiger partial charge in [-0.1, -0.05) is 12.1 Å². The summed E-state index contributed by atoms with van der Waals surface area (Å²) in [6, 6.07) is 5.77. The standard InChI is InChI=1S/C11H15N3O5S/c12-20(18,19)6-2-5-13-11(15)8-9-3-1-4-10(7-9)14(16)17/h1,3-4,7H,2,5-6,8H2,(H,13,15)(H2,12,18,19).